The summed E-state index contributed by atoms with van der Waals surface area (Å²) in [6, 6.07) is 7.35. The molecule has 1 amide bonds. The van der Waals surface area contributed by atoms with Gasteiger partial charge in [0, 0.05) is 31.8 Å². The minimum Gasteiger partial charge on any atom is -0.492 e. The number of nitrogens with one attached hydrogen (secondary N) is 3. The van der Waals surface area contributed by atoms with Crippen LogP contribution in [0.3, 0.4) is 0 Å². The zero-order valence-electron chi connectivity index (χ0n) is 14.5. The average molecular weight is 320 g/mol. The van der Waals surface area contributed by atoms with Gasteiger partial charge in [0.1, 0.15) is 12.4 Å². The smallest absolute Gasteiger partial charge is 0.221 e. The maximum atomic E-state index is 11.0. The summed E-state index contributed by atoms with van der Waals surface area (Å²) in [6.07, 6.45) is 0. The molecule has 0 saturated heterocycles. The van der Waals surface area contributed by atoms with Crippen LogP contribution in [0.15, 0.2) is 29.3 Å². The molecule has 0 unspecified atom stereocenters. The highest BCUT2D eigenvalue weighted by atomic mass is 16.5. The third-order valence-electron chi connectivity index (χ3n) is 2.78. The highest BCUT2D eigenvalue weighted by Gasteiger charge is 2.00. The van der Waals surface area contributed by atoms with Crippen molar-refractivity contribution in [3.63, 3.8) is 0 Å². The Morgan fingerprint density at radius 3 is 2.74 bits per heavy atom. The second-order valence-corrected chi connectivity index (χ2v) is 5.60. The Morgan fingerprint density at radius 1 is 1.30 bits per heavy atom. The van der Waals surface area contributed by atoms with Gasteiger partial charge in [0.15, 0.2) is 5.96 Å². The molecule has 0 atom stereocenters. The molecule has 0 spiro atoms. The van der Waals surface area contributed by atoms with E-state index in [1.54, 1.807) is 6.07 Å². The Balaban J connectivity index is 2.40. The molecule has 1 aromatic carbocycles. The number of benzene rings is 1. The maximum Gasteiger partial charge on any atom is 0.221 e. The van der Waals surface area contributed by atoms with Crippen LogP contribution in [0.1, 0.15) is 27.7 Å². The van der Waals surface area contributed by atoms with Crippen molar-refractivity contribution in [2.75, 3.05) is 31.6 Å². The Bertz CT molecular complexity index is 515. The zero-order valence-corrected chi connectivity index (χ0v) is 14.5. The van der Waals surface area contributed by atoms with E-state index < -0.39 is 0 Å². The van der Waals surface area contributed by atoms with Gasteiger partial charge >= 0.3 is 0 Å². The second-order valence-electron chi connectivity index (χ2n) is 5.60. The number of carbonyl (C=O) groups is 1. The molecule has 128 valence electrons. The Kier molecular flexibility index (Phi) is 8.57. The van der Waals surface area contributed by atoms with E-state index in [1.165, 1.54) is 6.92 Å². The van der Waals surface area contributed by atoms with Crippen molar-refractivity contribution in [1.82, 2.24) is 10.6 Å². The standard InChI is InChI=1S/C17H28N4O2/c1-5-18-17(20-12-13(2)3)19-9-10-23-16-8-6-7-15(11-16)21-14(4)22/h6-8,11,13H,5,9-10,12H2,1-4H3,(H,21,22)(H2,18,19,20). The predicted molar refractivity (Wildman–Crippen MR) is 95.1 cm³/mol. The van der Waals surface area contributed by atoms with Crippen molar-refractivity contribution in [3.05, 3.63) is 24.3 Å². The van der Waals surface area contributed by atoms with Crippen LogP contribution in [0.2, 0.25) is 0 Å². The summed E-state index contributed by atoms with van der Waals surface area (Å²) >= 11 is 0. The number of nitrogens with zero attached hydrogens (tertiary/aromatic N) is 1. The molecule has 0 aromatic heterocycles. The fourth-order valence-electron chi connectivity index (χ4n) is 1.82. The summed E-state index contributed by atoms with van der Waals surface area (Å²) in [5.74, 6) is 1.96. The summed E-state index contributed by atoms with van der Waals surface area (Å²) in [4.78, 5) is 15.5. The van der Waals surface area contributed by atoms with Crippen LogP contribution in [0.4, 0.5) is 5.69 Å². The summed E-state index contributed by atoms with van der Waals surface area (Å²) < 4.78 is 5.69. The molecule has 0 aliphatic rings. The summed E-state index contributed by atoms with van der Waals surface area (Å²) in [6.45, 7) is 10.6. The molecule has 0 heterocycles. The summed E-state index contributed by atoms with van der Waals surface area (Å²) in [5, 5.41) is 9.17. The quantitative estimate of drug-likeness (QED) is 0.390. The van der Waals surface area contributed by atoms with E-state index in [4.69, 9.17) is 4.74 Å². The molecule has 0 saturated carbocycles. The van der Waals surface area contributed by atoms with Gasteiger partial charge in [0.05, 0.1) is 6.54 Å². The van der Waals surface area contributed by atoms with Crippen LogP contribution in [0.25, 0.3) is 0 Å². The molecule has 1 aromatic rings. The number of hydrogen-bond donors (Lipinski definition) is 3. The van der Waals surface area contributed by atoms with Gasteiger partial charge < -0.3 is 20.7 Å². The van der Waals surface area contributed by atoms with Gasteiger partial charge in [-0.25, -0.2) is 0 Å². The van der Waals surface area contributed by atoms with E-state index in [2.05, 4.69) is 34.8 Å². The summed E-state index contributed by atoms with van der Waals surface area (Å²) in [5.41, 5.74) is 0.731. The molecule has 6 heteroatoms. The first-order chi connectivity index (χ1) is 11.0. The van der Waals surface area contributed by atoms with E-state index >= 15 is 0 Å². The Morgan fingerprint density at radius 2 is 2.09 bits per heavy atom. The van der Waals surface area contributed by atoms with Crippen LogP contribution < -0.4 is 20.7 Å². The first-order valence-corrected chi connectivity index (χ1v) is 8.04. The van der Waals surface area contributed by atoms with Gasteiger partial charge in [-0.3, -0.25) is 9.79 Å². The lowest BCUT2D eigenvalue weighted by atomic mass is 10.2. The van der Waals surface area contributed by atoms with Crippen LogP contribution in [0.5, 0.6) is 5.75 Å². The fourth-order valence-corrected chi connectivity index (χ4v) is 1.82. The lowest BCUT2D eigenvalue weighted by Gasteiger charge is -2.13. The molecule has 0 bridgehead atoms. The van der Waals surface area contributed by atoms with E-state index in [0.717, 1.165) is 30.5 Å². The Labute approximate surface area is 138 Å². The van der Waals surface area contributed by atoms with E-state index in [0.29, 0.717) is 19.1 Å². The highest BCUT2D eigenvalue weighted by Crippen LogP contribution is 2.16. The van der Waals surface area contributed by atoms with Gasteiger partial charge in [0.2, 0.25) is 5.91 Å². The number of guanidine groups is 1. The number of rotatable bonds is 8. The van der Waals surface area contributed by atoms with Crippen molar-refractivity contribution < 1.29 is 9.53 Å². The van der Waals surface area contributed by atoms with Gasteiger partial charge in [-0.2, -0.15) is 0 Å². The zero-order chi connectivity index (χ0) is 17.1. The first-order valence-electron chi connectivity index (χ1n) is 8.04. The molecular weight excluding hydrogens is 292 g/mol. The number of aliphatic imine (C=N–C) groups is 1. The second kappa shape index (κ2) is 10.5. The van der Waals surface area contributed by atoms with Crippen molar-refractivity contribution in [2.45, 2.75) is 27.7 Å². The molecule has 0 aliphatic heterocycles. The van der Waals surface area contributed by atoms with Crippen molar-refractivity contribution in [1.29, 1.82) is 0 Å². The normalized spacial score (nSPS) is 11.3. The van der Waals surface area contributed by atoms with Crippen LogP contribution in [-0.4, -0.2) is 38.1 Å². The number of anilines is 1. The minimum absolute atomic E-state index is 0.0968. The number of amides is 1. The number of hydrogen-bond acceptors (Lipinski definition) is 3. The average Bonchev–Trinajstić information content (AvgIpc) is 2.48. The summed E-state index contributed by atoms with van der Waals surface area (Å²) in [7, 11) is 0. The van der Waals surface area contributed by atoms with E-state index in [-0.39, 0.29) is 5.91 Å². The van der Waals surface area contributed by atoms with E-state index in [1.807, 2.05) is 25.1 Å². The van der Waals surface area contributed by atoms with Crippen molar-refractivity contribution in [2.24, 2.45) is 10.9 Å². The van der Waals surface area contributed by atoms with Crippen molar-refractivity contribution >= 4 is 17.6 Å². The Hall–Kier alpha value is -2.24. The lowest BCUT2D eigenvalue weighted by Crippen LogP contribution is -2.39. The molecule has 1 rings (SSSR count). The molecular formula is C17H28N4O2. The van der Waals surface area contributed by atoms with E-state index in [9.17, 15) is 4.79 Å². The third-order valence-corrected chi connectivity index (χ3v) is 2.78. The van der Waals surface area contributed by atoms with Gasteiger partial charge in [0.25, 0.3) is 0 Å². The van der Waals surface area contributed by atoms with Gasteiger partial charge in [-0.1, -0.05) is 19.9 Å². The van der Waals surface area contributed by atoms with Crippen LogP contribution in [0, 0.1) is 5.92 Å². The molecule has 3 N–H and O–H groups in total. The predicted octanol–water partition coefficient (Wildman–Crippen LogP) is 2.23. The first kappa shape index (κ1) is 18.8. The minimum atomic E-state index is -0.0968. The molecule has 6 nitrogen and oxygen atoms in total. The topological polar surface area (TPSA) is 74.8 Å². The molecule has 23 heavy (non-hydrogen) atoms. The third kappa shape index (κ3) is 8.70. The van der Waals surface area contributed by atoms with Gasteiger partial charge in [-0.05, 0) is 25.0 Å². The monoisotopic (exact) mass is 320 g/mol. The maximum absolute atomic E-state index is 11.0. The van der Waals surface area contributed by atoms with Crippen molar-refractivity contribution in [3.8, 4) is 5.75 Å². The molecule has 0 fully saturated rings. The molecule has 0 aliphatic carbocycles. The number of ether oxygens (including phenoxy) is 1. The largest absolute Gasteiger partial charge is 0.492 e. The molecule has 0 radical (unpaired) electrons. The highest BCUT2D eigenvalue weighted by molar-refractivity contribution is 5.88. The van der Waals surface area contributed by atoms with Gasteiger partial charge in [-0.15, -0.1) is 0 Å². The van der Waals surface area contributed by atoms with Crippen LogP contribution >= 0.6 is 0 Å². The fraction of sp³-hybridized carbons (Fsp3) is 0.529. The SMILES string of the molecule is CCNC(=NCC(C)C)NCCOc1cccc(NC(C)=O)c1. The lowest BCUT2D eigenvalue weighted by molar-refractivity contribution is -0.114. The van der Waals surface area contributed by atoms with Crippen LogP contribution in [-0.2, 0) is 4.79 Å². The number of carbonyl (C=O) groups excluding carboxylic acids is 1.